The highest BCUT2D eigenvalue weighted by Crippen LogP contribution is 2.29. The molecule has 2 amide bonds. The molecule has 0 spiro atoms. The molecule has 2 N–H and O–H groups in total. The van der Waals surface area contributed by atoms with E-state index in [9.17, 15) is 9.59 Å². The van der Waals surface area contributed by atoms with Gasteiger partial charge in [0.15, 0.2) is 11.5 Å². The van der Waals surface area contributed by atoms with Crippen LogP contribution in [0, 0.1) is 11.8 Å². The Labute approximate surface area is 185 Å². The van der Waals surface area contributed by atoms with Gasteiger partial charge in [0.1, 0.15) is 12.6 Å². The molecule has 6 heteroatoms. The van der Waals surface area contributed by atoms with Gasteiger partial charge in [-0.1, -0.05) is 64.1 Å². The molecule has 0 saturated carbocycles. The largest absolute Gasteiger partial charge is 0.493 e. The van der Waals surface area contributed by atoms with Crippen molar-refractivity contribution in [2.24, 2.45) is 11.8 Å². The van der Waals surface area contributed by atoms with Gasteiger partial charge in [0.25, 0.3) is 0 Å². The van der Waals surface area contributed by atoms with Gasteiger partial charge in [-0.3, -0.25) is 9.59 Å². The van der Waals surface area contributed by atoms with E-state index in [1.807, 2.05) is 76.2 Å². The maximum absolute atomic E-state index is 12.7. The van der Waals surface area contributed by atoms with Crippen LogP contribution in [0.5, 0.6) is 11.5 Å². The topological polar surface area (TPSA) is 76.7 Å². The fraction of sp³-hybridized carbons (Fsp3) is 0.440. The normalized spacial score (nSPS) is 11.8. The lowest BCUT2D eigenvalue weighted by Crippen LogP contribution is -2.49. The molecule has 1 unspecified atom stereocenters. The van der Waals surface area contributed by atoms with E-state index >= 15 is 0 Å². The van der Waals surface area contributed by atoms with Crippen LogP contribution >= 0.6 is 0 Å². The highest BCUT2D eigenvalue weighted by Gasteiger charge is 2.24. The molecule has 6 nitrogen and oxygen atoms in total. The zero-order valence-corrected chi connectivity index (χ0v) is 19.1. The molecule has 0 radical (unpaired) electrons. The number of ether oxygens (including phenoxy) is 2. The summed E-state index contributed by atoms with van der Waals surface area (Å²) in [4.78, 5) is 24.8. The third-order valence-electron chi connectivity index (χ3n) is 4.79. The van der Waals surface area contributed by atoms with Crippen molar-refractivity contribution in [1.29, 1.82) is 0 Å². The molecule has 0 bridgehead atoms. The van der Waals surface area contributed by atoms with Crippen molar-refractivity contribution in [2.45, 2.75) is 53.3 Å². The maximum atomic E-state index is 12.7. The molecule has 0 heterocycles. The number of carbonyl (C=O) groups is 2. The van der Waals surface area contributed by atoms with E-state index in [1.54, 1.807) is 7.11 Å². The van der Waals surface area contributed by atoms with Gasteiger partial charge in [-0.25, -0.2) is 0 Å². The number of methoxy groups -OCH3 is 1. The van der Waals surface area contributed by atoms with Gasteiger partial charge in [0.2, 0.25) is 11.8 Å². The van der Waals surface area contributed by atoms with Gasteiger partial charge >= 0.3 is 0 Å². The Morgan fingerprint density at radius 3 is 2.26 bits per heavy atom. The minimum atomic E-state index is -0.568. The van der Waals surface area contributed by atoms with E-state index in [2.05, 4.69) is 10.6 Å². The molecule has 0 fully saturated rings. The Morgan fingerprint density at radius 2 is 1.65 bits per heavy atom. The lowest BCUT2D eigenvalue weighted by molar-refractivity contribution is -0.130. The minimum absolute atomic E-state index is 0.0144. The van der Waals surface area contributed by atoms with Gasteiger partial charge in [0, 0.05) is 13.0 Å². The third kappa shape index (κ3) is 7.96. The molecule has 0 aliphatic carbocycles. The summed E-state index contributed by atoms with van der Waals surface area (Å²) in [5.41, 5.74) is 1.95. The Balaban J connectivity index is 1.96. The molecule has 2 rings (SSSR count). The second-order valence-electron chi connectivity index (χ2n) is 8.36. The predicted octanol–water partition coefficient (Wildman–Crippen LogP) is 4.08. The SMILES string of the molecule is COc1cc(CNC(=O)C(NC(=O)CC(C)C)C(C)C)ccc1OCc1ccccc1. The average molecular weight is 427 g/mol. The Hall–Kier alpha value is -3.02. The van der Waals surface area contributed by atoms with Crippen molar-refractivity contribution in [1.82, 2.24) is 10.6 Å². The first kappa shape index (κ1) is 24.3. The zero-order valence-electron chi connectivity index (χ0n) is 19.1. The number of hydrogen-bond acceptors (Lipinski definition) is 4. The summed E-state index contributed by atoms with van der Waals surface area (Å²) in [7, 11) is 1.59. The number of benzene rings is 2. The molecule has 168 valence electrons. The fourth-order valence-corrected chi connectivity index (χ4v) is 3.11. The van der Waals surface area contributed by atoms with E-state index in [-0.39, 0.29) is 23.7 Å². The smallest absolute Gasteiger partial charge is 0.243 e. The Bertz CT molecular complexity index is 850. The summed E-state index contributed by atoms with van der Waals surface area (Å²) in [6, 6.07) is 14.9. The van der Waals surface area contributed by atoms with Crippen molar-refractivity contribution in [2.75, 3.05) is 7.11 Å². The van der Waals surface area contributed by atoms with E-state index in [1.165, 1.54) is 0 Å². The van der Waals surface area contributed by atoms with Gasteiger partial charge in [-0.2, -0.15) is 0 Å². The predicted molar refractivity (Wildman–Crippen MR) is 122 cm³/mol. The number of amides is 2. The van der Waals surface area contributed by atoms with Crippen LogP contribution in [-0.2, 0) is 22.7 Å². The van der Waals surface area contributed by atoms with Gasteiger partial charge in [0.05, 0.1) is 7.11 Å². The number of hydrogen-bond donors (Lipinski definition) is 2. The van der Waals surface area contributed by atoms with Crippen LogP contribution in [0.4, 0.5) is 0 Å². The standard InChI is InChI=1S/C25H34N2O4/c1-17(2)13-23(28)27-24(18(3)4)25(29)26-15-20-11-12-21(22(14-20)30-5)31-16-19-9-7-6-8-10-19/h6-12,14,17-18,24H,13,15-16H2,1-5H3,(H,26,29)(H,27,28). The molecule has 31 heavy (non-hydrogen) atoms. The average Bonchev–Trinajstić information content (AvgIpc) is 2.74. The summed E-state index contributed by atoms with van der Waals surface area (Å²) in [5.74, 6) is 1.17. The van der Waals surface area contributed by atoms with Crippen LogP contribution in [0.25, 0.3) is 0 Å². The highest BCUT2D eigenvalue weighted by molar-refractivity contribution is 5.87. The van der Waals surface area contributed by atoms with Crippen molar-refractivity contribution in [3.8, 4) is 11.5 Å². The molecule has 1 atom stereocenters. The highest BCUT2D eigenvalue weighted by atomic mass is 16.5. The van der Waals surface area contributed by atoms with Gasteiger partial charge in [-0.15, -0.1) is 0 Å². The monoisotopic (exact) mass is 426 g/mol. The van der Waals surface area contributed by atoms with Crippen molar-refractivity contribution >= 4 is 11.8 Å². The number of nitrogens with one attached hydrogen (secondary N) is 2. The molecule has 0 aromatic heterocycles. The maximum Gasteiger partial charge on any atom is 0.243 e. The summed E-state index contributed by atoms with van der Waals surface area (Å²) in [5, 5.41) is 5.77. The first-order valence-electron chi connectivity index (χ1n) is 10.7. The van der Waals surface area contributed by atoms with Crippen molar-refractivity contribution in [3.05, 3.63) is 59.7 Å². The quantitative estimate of drug-likeness (QED) is 0.568. The second kappa shape index (κ2) is 12.0. The molecule has 0 saturated heterocycles. The van der Waals surface area contributed by atoms with Gasteiger partial charge < -0.3 is 20.1 Å². The first-order chi connectivity index (χ1) is 14.8. The van der Waals surface area contributed by atoms with E-state index in [0.717, 1.165) is 11.1 Å². The summed E-state index contributed by atoms with van der Waals surface area (Å²) >= 11 is 0. The lowest BCUT2D eigenvalue weighted by atomic mass is 10.0. The molecule has 0 aliphatic rings. The Kier molecular flexibility index (Phi) is 9.38. The van der Waals surface area contributed by atoms with Crippen molar-refractivity contribution < 1.29 is 19.1 Å². The van der Waals surface area contributed by atoms with E-state index in [4.69, 9.17) is 9.47 Å². The van der Waals surface area contributed by atoms with E-state index < -0.39 is 6.04 Å². The van der Waals surface area contributed by atoms with Crippen LogP contribution < -0.4 is 20.1 Å². The molecular weight excluding hydrogens is 392 g/mol. The molecule has 0 aliphatic heterocycles. The van der Waals surface area contributed by atoms with Crippen LogP contribution in [0.1, 0.15) is 45.2 Å². The number of rotatable bonds is 11. The first-order valence-corrected chi connectivity index (χ1v) is 10.7. The molecular formula is C25H34N2O4. The van der Waals surface area contributed by atoms with Crippen LogP contribution in [-0.4, -0.2) is 25.0 Å². The van der Waals surface area contributed by atoms with Gasteiger partial charge in [-0.05, 0) is 35.1 Å². The van der Waals surface area contributed by atoms with Crippen LogP contribution in [0.2, 0.25) is 0 Å². The lowest BCUT2D eigenvalue weighted by Gasteiger charge is -2.22. The molecule has 2 aromatic carbocycles. The van der Waals surface area contributed by atoms with Crippen LogP contribution in [0.15, 0.2) is 48.5 Å². The zero-order chi connectivity index (χ0) is 22.8. The minimum Gasteiger partial charge on any atom is -0.493 e. The van der Waals surface area contributed by atoms with E-state index in [0.29, 0.717) is 31.1 Å². The Morgan fingerprint density at radius 1 is 0.935 bits per heavy atom. The third-order valence-corrected chi connectivity index (χ3v) is 4.79. The van der Waals surface area contributed by atoms with Crippen LogP contribution in [0.3, 0.4) is 0 Å². The fourth-order valence-electron chi connectivity index (χ4n) is 3.11. The van der Waals surface area contributed by atoms with Crippen molar-refractivity contribution in [3.63, 3.8) is 0 Å². The number of carbonyl (C=O) groups excluding carboxylic acids is 2. The second-order valence-corrected chi connectivity index (χ2v) is 8.36. The summed E-state index contributed by atoms with van der Waals surface area (Å²) in [6.07, 6.45) is 0.401. The molecule has 2 aromatic rings. The summed E-state index contributed by atoms with van der Waals surface area (Å²) in [6.45, 7) is 8.57. The summed E-state index contributed by atoms with van der Waals surface area (Å²) < 4.78 is 11.3.